The van der Waals surface area contributed by atoms with Crippen molar-refractivity contribution in [3.63, 3.8) is 0 Å². The summed E-state index contributed by atoms with van der Waals surface area (Å²) in [6.07, 6.45) is 5.78. The van der Waals surface area contributed by atoms with Crippen LogP contribution in [0.3, 0.4) is 0 Å². The van der Waals surface area contributed by atoms with Gasteiger partial charge in [0.25, 0.3) is 0 Å². The molecule has 1 amide bonds. The van der Waals surface area contributed by atoms with Gasteiger partial charge in [-0.2, -0.15) is 16.9 Å². The fourth-order valence-electron chi connectivity index (χ4n) is 3.31. The average molecular weight is 362 g/mol. The maximum Gasteiger partial charge on any atom is 0.225 e. The molecule has 0 spiro atoms. The van der Waals surface area contributed by atoms with Crippen molar-refractivity contribution >= 4 is 17.7 Å². The number of thioether (sulfide) groups is 1. The van der Waals surface area contributed by atoms with Crippen LogP contribution in [0.15, 0.2) is 30.6 Å². The van der Waals surface area contributed by atoms with Crippen LogP contribution < -0.4 is 10.6 Å². The zero-order valence-electron chi connectivity index (χ0n) is 14.5. The maximum atomic E-state index is 13.4. The van der Waals surface area contributed by atoms with Gasteiger partial charge in [-0.3, -0.25) is 9.48 Å². The van der Waals surface area contributed by atoms with Crippen molar-refractivity contribution in [1.82, 2.24) is 20.4 Å². The van der Waals surface area contributed by atoms with E-state index in [4.69, 9.17) is 0 Å². The van der Waals surface area contributed by atoms with E-state index in [0.29, 0.717) is 13.1 Å². The lowest BCUT2D eigenvalue weighted by molar-refractivity contribution is -0.125. The van der Waals surface area contributed by atoms with E-state index in [1.54, 1.807) is 28.6 Å². The molecule has 0 saturated carbocycles. The molecule has 0 aliphatic carbocycles. The van der Waals surface area contributed by atoms with Crippen molar-refractivity contribution in [2.45, 2.75) is 18.2 Å². The Labute approximate surface area is 151 Å². The topological polar surface area (TPSA) is 59.0 Å². The minimum absolute atomic E-state index is 0.0262. The lowest BCUT2D eigenvalue weighted by Crippen LogP contribution is -2.34. The van der Waals surface area contributed by atoms with E-state index in [-0.39, 0.29) is 23.6 Å². The lowest BCUT2D eigenvalue weighted by Gasteiger charge is -2.18. The first kappa shape index (κ1) is 17.9. The summed E-state index contributed by atoms with van der Waals surface area (Å²) in [7, 11) is 1.88. The zero-order valence-corrected chi connectivity index (χ0v) is 15.3. The highest BCUT2D eigenvalue weighted by Gasteiger charge is 2.34. The molecule has 2 atom stereocenters. The molecule has 1 aliphatic heterocycles. The number of hydrogen-bond acceptors (Lipinski definition) is 4. The normalized spacial score (nSPS) is 20.0. The Bertz CT molecular complexity index is 748. The van der Waals surface area contributed by atoms with Gasteiger partial charge in [0.1, 0.15) is 5.82 Å². The summed E-state index contributed by atoms with van der Waals surface area (Å²) in [5, 5.41) is 10.5. The fourth-order valence-corrected chi connectivity index (χ4v) is 3.89. The summed E-state index contributed by atoms with van der Waals surface area (Å²) in [4.78, 5) is 12.7. The third kappa shape index (κ3) is 4.22. The van der Waals surface area contributed by atoms with Gasteiger partial charge in [-0.1, -0.05) is 6.07 Å². The van der Waals surface area contributed by atoms with Crippen LogP contribution in [-0.4, -0.2) is 35.0 Å². The van der Waals surface area contributed by atoms with Crippen LogP contribution in [0.4, 0.5) is 4.39 Å². The van der Waals surface area contributed by atoms with Gasteiger partial charge in [-0.15, -0.1) is 0 Å². The van der Waals surface area contributed by atoms with Crippen molar-refractivity contribution in [3.8, 4) is 0 Å². The van der Waals surface area contributed by atoms with Crippen molar-refractivity contribution in [1.29, 1.82) is 0 Å². The van der Waals surface area contributed by atoms with E-state index in [2.05, 4.69) is 15.7 Å². The Morgan fingerprint density at radius 2 is 2.28 bits per heavy atom. The maximum absolute atomic E-state index is 13.4. The first-order valence-electron chi connectivity index (χ1n) is 8.31. The molecule has 2 N–H and O–H groups in total. The summed E-state index contributed by atoms with van der Waals surface area (Å²) < 4.78 is 15.2. The van der Waals surface area contributed by atoms with Gasteiger partial charge in [0.15, 0.2) is 0 Å². The number of nitrogens with one attached hydrogen (secondary N) is 2. The number of halogens is 1. The minimum atomic E-state index is -0.240. The van der Waals surface area contributed by atoms with E-state index in [1.807, 2.05) is 25.7 Å². The molecular formula is C18H23FN4OS. The van der Waals surface area contributed by atoms with E-state index >= 15 is 0 Å². The Morgan fingerprint density at radius 3 is 3.00 bits per heavy atom. The smallest absolute Gasteiger partial charge is 0.225 e. The largest absolute Gasteiger partial charge is 0.352 e. The number of amides is 1. The summed E-state index contributed by atoms with van der Waals surface area (Å²) in [6, 6.07) is 4.75. The molecule has 1 aliphatic rings. The van der Waals surface area contributed by atoms with Crippen molar-refractivity contribution in [2.24, 2.45) is 13.0 Å². The molecule has 0 radical (unpaired) electrons. The molecule has 3 rings (SSSR count). The second kappa shape index (κ2) is 8.01. The van der Waals surface area contributed by atoms with Gasteiger partial charge in [-0.05, 0) is 35.1 Å². The number of nitrogens with zero attached hydrogens (tertiary/aromatic N) is 2. The Hall–Kier alpha value is -1.86. The van der Waals surface area contributed by atoms with Gasteiger partial charge in [0, 0.05) is 44.5 Å². The average Bonchev–Trinajstić information content (AvgIpc) is 3.22. The second-order valence-electron chi connectivity index (χ2n) is 6.38. The fraction of sp³-hybridized carbons (Fsp3) is 0.444. The highest BCUT2D eigenvalue weighted by molar-refractivity contribution is 7.97. The summed E-state index contributed by atoms with van der Waals surface area (Å²) in [5.41, 5.74) is 2.98. The number of hydrogen-bond donors (Lipinski definition) is 2. The van der Waals surface area contributed by atoms with Gasteiger partial charge in [0.2, 0.25) is 5.91 Å². The highest BCUT2D eigenvalue weighted by Crippen LogP contribution is 2.28. The lowest BCUT2D eigenvalue weighted by atomic mass is 9.90. The van der Waals surface area contributed by atoms with Crippen LogP contribution in [0.25, 0.3) is 0 Å². The Morgan fingerprint density at radius 1 is 1.44 bits per heavy atom. The van der Waals surface area contributed by atoms with Crippen LogP contribution in [0.1, 0.15) is 22.6 Å². The van der Waals surface area contributed by atoms with Crippen molar-refractivity contribution in [2.75, 3.05) is 19.3 Å². The number of rotatable bonds is 6. The second-order valence-corrected chi connectivity index (χ2v) is 7.25. The molecule has 1 aromatic heterocycles. The number of carbonyl (C=O) groups excluding carboxylic acids is 1. The predicted molar refractivity (Wildman–Crippen MR) is 97.8 cm³/mol. The minimum Gasteiger partial charge on any atom is -0.352 e. The summed E-state index contributed by atoms with van der Waals surface area (Å²) in [6.45, 7) is 1.86. The van der Waals surface area contributed by atoms with Crippen molar-refractivity contribution < 1.29 is 9.18 Å². The number of carbonyl (C=O) groups is 1. The van der Waals surface area contributed by atoms with Gasteiger partial charge >= 0.3 is 0 Å². The van der Waals surface area contributed by atoms with Crippen LogP contribution >= 0.6 is 11.8 Å². The molecule has 2 heterocycles. The van der Waals surface area contributed by atoms with E-state index in [1.165, 1.54) is 6.07 Å². The molecule has 1 aromatic carbocycles. The SMILES string of the molecule is CSCc1cc(F)ccc1CNC(=O)[C@H]1CNC[C@@H]1c1cnn(C)c1. The van der Waals surface area contributed by atoms with Crippen molar-refractivity contribution in [3.05, 3.63) is 53.1 Å². The third-order valence-corrected chi connectivity index (χ3v) is 5.22. The molecule has 134 valence electrons. The molecule has 1 fully saturated rings. The molecule has 0 unspecified atom stereocenters. The van der Waals surface area contributed by atoms with Gasteiger partial charge < -0.3 is 10.6 Å². The van der Waals surface area contributed by atoms with Gasteiger partial charge in [-0.25, -0.2) is 4.39 Å². The Kier molecular flexibility index (Phi) is 5.75. The number of aromatic nitrogens is 2. The molecule has 25 heavy (non-hydrogen) atoms. The molecular weight excluding hydrogens is 339 g/mol. The highest BCUT2D eigenvalue weighted by atomic mass is 32.2. The number of aryl methyl sites for hydroxylation is 1. The molecule has 5 nitrogen and oxygen atoms in total. The zero-order chi connectivity index (χ0) is 17.8. The first-order chi connectivity index (χ1) is 12.1. The summed E-state index contributed by atoms with van der Waals surface area (Å²) in [5.74, 6) is 0.530. The van der Waals surface area contributed by atoms with Gasteiger partial charge in [0.05, 0.1) is 12.1 Å². The first-order valence-corrected chi connectivity index (χ1v) is 9.71. The molecule has 0 bridgehead atoms. The molecule has 7 heteroatoms. The van der Waals surface area contributed by atoms with Crippen LogP contribution in [0, 0.1) is 11.7 Å². The molecule has 1 saturated heterocycles. The van der Waals surface area contributed by atoms with Crippen LogP contribution in [0.5, 0.6) is 0 Å². The van der Waals surface area contributed by atoms with E-state index in [9.17, 15) is 9.18 Å². The standard InChI is InChI=1S/C18H23FN4OS/c1-23-10-14(7-22-23)16-8-20-9-17(16)18(24)21-6-12-3-4-15(19)5-13(12)11-25-2/h3-5,7,10,16-17,20H,6,8-9,11H2,1-2H3,(H,21,24)/t16-,17+/m1/s1. The predicted octanol–water partition coefficient (Wildman–Crippen LogP) is 2.04. The third-order valence-electron chi connectivity index (χ3n) is 4.63. The quantitative estimate of drug-likeness (QED) is 0.826. The monoisotopic (exact) mass is 362 g/mol. The van der Waals surface area contributed by atoms with Crippen LogP contribution in [0.2, 0.25) is 0 Å². The van der Waals surface area contributed by atoms with E-state index < -0.39 is 0 Å². The molecule has 2 aromatic rings. The Balaban J connectivity index is 1.66. The van der Waals surface area contributed by atoms with E-state index in [0.717, 1.165) is 29.0 Å². The number of benzene rings is 1. The summed E-state index contributed by atoms with van der Waals surface area (Å²) >= 11 is 1.64. The van der Waals surface area contributed by atoms with Crippen LogP contribution in [-0.2, 0) is 24.1 Å².